The van der Waals surface area contributed by atoms with Crippen LogP contribution >= 0.6 is 0 Å². The Morgan fingerprint density at radius 3 is 2.38 bits per heavy atom. The number of nitrogens with zero attached hydrogens (tertiary/aromatic N) is 1. The molecule has 0 saturated heterocycles. The number of hydrogen-bond acceptors (Lipinski definition) is 5. The molecule has 0 spiro atoms. The molecule has 3 aromatic rings. The van der Waals surface area contributed by atoms with Gasteiger partial charge in [0, 0.05) is 17.8 Å². The van der Waals surface area contributed by atoms with Gasteiger partial charge >= 0.3 is 0 Å². The van der Waals surface area contributed by atoms with Crippen LogP contribution in [-0.2, 0) is 16.6 Å². The molecular formula is C22H17F2N3O4S. The van der Waals surface area contributed by atoms with E-state index in [4.69, 9.17) is 0 Å². The Labute approximate surface area is 182 Å². The van der Waals surface area contributed by atoms with Crippen LogP contribution in [0.5, 0.6) is 0 Å². The SMILES string of the molecule is CC(=O)c1cccc(S(=O)(=O)N2NCc3ccc(NC(=O)c4c(F)cccc4F)cc32)c1. The molecule has 2 N–H and O–H groups in total. The molecule has 10 heteroatoms. The van der Waals surface area contributed by atoms with Crippen molar-refractivity contribution in [2.24, 2.45) is 0 Å². The van der Waals surface area contributed by atoms with Crippen LogP contribution in [0.3, 0.4) is 0 Å². The molecule has 1 heterocycles. The number of amides is 1. The summed E-state index contributed by atoms with van der Waals surface area (Å²) in [6.45, 7) is 1.54. The Kier molecular flexibility index (Phi) is 5.49. The van der Waals surface area contributed by atoms with Gasteiger partial charge in [-0.15, -0.1) is 0 Å². The second-order valence-electron chi connectivity index (χ2n) is 7.08. The van der Waals surface area contributed by atoms with E-state index in [0.29, 0.717) is 5.56 Å². The van der Waals surface area contributed by atoms with E-state index in [-0.39, 0.29) is 34.2 Å². The molecule has 0 atom stereocenters. The van der Waals surface area contributed by atoms with Gasteiger partial charge in [0.25, 0.3) is 15.9 Å². The number of hydrogen-bond donors (Lipinski definition) is 2. The molecular weight excluding hydrogens is 440 g/mol. The number of Topliss-reactive ketones (excluding diaryl/α,β-unsaturated/α-hetero) is 1. The molecule has 164 valence electrons. The molecule has 32 heavy (non-hydrogen) atoms. The Bertz CT molecular complexity index is 1340. The maximum absolute atomic E-state index is 13.9. The van der Waals surface area contributed by atoms with E-state index >= 15 is 0 Å². The Hall–Kier alpha value is -3.63. The molecule has 0 unspecified atom stereocenters. The van der Waals surface area contributed by atoms with Gasteiger partial charge in [-0.1, -0.05) is 24.3 Å². The Morgan fingerprint density at radius 2 is 1.69 bits per heavy atom. The molecule has 3 aromatic carbocycles. The quantitative estimate of drug-likeness (QED) is 0.571. The summed E-state index contributed by atoms with van der Waals surface area (Å²) in [6, 6.07) is 13.2. The molecule has 0 saturated carbocycles. The van der Waals surface area contributed by atoms with Crippen LogP contribution in [-0.4, -0.2) is 20.1 Å². The number of ketones is 1. The topological polar surface area (TPSA) is 95.6 Å². The van der Waals surface area contributed by atoms with Crippen molar-refractivity contribution in [3.63, 3.8) is 0 Å². The van der Waals surface area contributed by atoms with Crippen molar-refractivity contribution in [1.82, 2.24) is 5.43 Å². The minimum Gasteiger partial charge on any atom is -0.322 e. The van der Waals surface area contributed by atoms with Gasteiger partial charge < -0.3 is 5.32 Å². The number of sulfonamides is 1. The number of carbonyl (C=O) groups is 2. The van der Waals surface area contributed by atoms with E-state index in [0.717, 1.165) is 22.6 Å². The van der Waals surface area contributed by atoms with Crippen molar-refractivity contribution in [3.8, 4) is 0 Å². The van der Waals surface area contributed by atoms with Gasteiger partial charge in [-0.05, 0) is 48.9 Å². The van der Waals surface area contributed by atoms with Gasteiger partial charge in [0.1, 0.15) is 17.2 Å². The third kappa shape index (κ3) is 3.85. The number of nitrogens with one attached hydrogen (secondary N) is 2. The number of anilines is 2. The highest BCUT2D eigenvalue weighted by Crippen LogP contribution is 2.33. The van der Waals surface area contributed by atoms with Crippen molar-refractivity contribution >= 4 is 33.1 Å². The molecule has 0 radical (unpaired) electrons. The highest BCUT2D eigenvalue weighted by molar-refractivity contribution is 7.92. The fraction of sp³-hybridized carbons (Fsp3) is 0.0909. The first-order valence-corrected chi connectivity index (χ1v) is 10.9. The number of carbonyl (C=O) groups excluding carboxylic acids is 2. The van der Waals surface area contributed by atoms with Crippen LogP contribution in [0.15, 0.2) is 65.6 Å². The lowest BCUT2D eigenvalue weighted by Crippen LogP contribution is -2.38. The Balaban J connectivity index is 1.66. The average molecular weight is 457 g/mol. The summed E-state index contributed by atoms with van der Waals surface area (Å²) in [5, 5.41) is 2.39. The number of fused-ring (bicyclic) bond motifs is 1. The average Bonchev–Trinajstić information content (AvgIpc) is 3.18. The van der Waals surface area contributed by atoms with Crippen LogP contribution in [0.25, 0.3) is 0 Å². The number of benzene rings is 3. The summed E-state index contributed by atoms with van der Waals surface area (Å²) in [5.74, 6) is -3.31. The van der Waals surface area contributed by atoms with Gasteiger partial charge in [0.05, 0.1) is 10.6 Å². The zero-order valence-electron chi connectivity index (χ0n) is 16.7. The lowest BCUT2D eigenvalue weighted by Gasteiger charge is -2.20. The molecule has 0 fully saturated rings. The standard InChI is InChI=1S/C22H17F2N3O4S/c1-13(28)14-4-2-5-17(10-14)32(30,31)27-20-11-16(9-8-15(20)12-25-27)26-22(29)21-18(23)6-3-7-19(21)24/h2-11,25H,12H2,1H3,(H,26,29). The van der Waals surface area contributed by atoms with Crippen molar-refractivity contribution in [2.45, 2.75) is 18.4 Å². The van der Waals surface area contributed by atoms with Gasteiger partial charge in [-0.2, -0.15) is 12.8 Å². The minimum atomic E-state index is -4.08. The van der Waals surface area contributed by atoms with E-state index in [1.807, 2.05) is 0 Å². The molecule has 1 aliphatic rings. The molecule has 1 amide bonds. The first kappa shape index (κ1) is 21.6. The fourth-order valence-corrected chi connectivity index (χ4v) is 4.73. The predicted octanol–water partition coefficient (Wildman–Crippen LogP) is 3.63. The molecule has 7 nitrogen and oxygen atoms in total. The van der Waals surface area contributed by atoms with Crippen LogP contribution in [0, 0.1) is 11.6 Å². The highest BCUT2D eigenvalue weighted by Gasteiger charge is 2.32. The second-order valence-corrected chi connectivity index (χ2v) is 8.87. The first-order valence-electron chi connectivity index (χ1n) is 9.46. The van der Waals surface area contributed by atoms with E-state index < -0.39 is 33.1 Å². The van der Waals surface area contributed by atoms with Gasteiger partial charge in [0.15, 0.2) is 5.78 Å². The zero-order chi connectivity index (χ0) is 23.0. The van der Waals surface area contributed by atoms with Crippen LogP contribution in [0.2, 0.25) is 0 Å². The monoisotopic (exact) mass is 457 g/mol. The maximum atomic E-state index is 13.9. The van der Waals surface area contributed by atoms with E-state index in [1.165, 1.54) is 43.3 Å². The van der Waals surface area contributed by atoms with Crippen molar-refractivity contribution < 1.29 is 26.8 Å². The summed E-state index contributed by atoms with van der Waals surface area (Å²) in [5.41, 5.74) is 3.30. The largest absolute Gasteiger partial charge is 0.322 e. The summed E-state index contributed by atoms with van der Waals surface area (Å²) in [6.07, 6.45) is 0. The van der Waals surface area contributed by atoms with Gasteiger partial charge in [-0.25, -0.2) is 14.2 Å². The maximum Gasteiger partial charge on any atom is 0.277 e. The third-order valence-electron chi connectivity index (χ3n) is 4.94. The third-order valence-corrected chi connectivity index (χ3v) is 6.60. The summed E-state index contributed by atoms with van der Waals surface area (Å²) in [4.78, 5) is 23.9. The number of rotatable bonds is 5. The molecule has 4 rings (SSSR count). The van der Waals surface area contributed by atoms with E-state index in [9.17, 15) is 26.8 Å². The minimum absolute atomic E-state index is 0.0894. The smallest absolute Gasteiger partial charge is 0.277 e. The number of hydrazine groups is 1. The van der Waals surface area contributed by atoms with Gasteiger partial charge in [-0.3, -0.25) is 9.59 Å². The van der Waals surface area contributed by atoms with E-state index in [1.54, 1.807) is 6.07 Å². The lowest BCUT2D eigenvalue weighted by molar-refractivity contribution is 0.100. The van der Waals surface area contributed by atoms with Crippen LogP contribution in [0.4, 0.5) is 20.2 Å². The number of halogens is 2. The fourth-order valence-electron chi connectivity index (χ4n) is 3.33. The summed E-state index contributed by atoms with van der Waals surface area (Å²) in [7, 11) is -4.08. The zero-order valence-corrected chi connectivity index (χ0v) is 17.5. The predicted molar refractivity (Wildman–Crippen MR) is 114 cm³/mol. The van der Waals surface area contributed by atoms with Crippen LogP contribution in [0.1, 0.15) is 33.2 Å². The second kappa shape index (κ2) is 8.13. The first-order chi connectivity index (χ1) is 15.2. The molecule has 1 aliphatic heterocycles. The van der Waals surface area contributed by atoms with Crippen molar-refractivity contribution in [2.75, 3.05) is 9.73 Å². The van der Waals surface area contributed by atoms with Crippen molar-refractivity contribution in [1.29, 1.82) is 0 Å². The lowest BCUT2D eigenvalue weighted by atomic mass is 10.1. The summed E-state index contributed by atoms with van der Waals surface area (Å²) < 4.78 is 55.1. The molecule has 0 aromatic heterocycles. The molecule has 0 bridgehead atoms. The van der Waals surface area contributed by atoms with Gasteiger partial charge in [0.2, 0.25) is 0 Å². The normalized spacial score (nSPS) is 13.0. The Morgan fingerprint density at radius 1 is 1.00 bits per heavy atom. The molecule has 0 aliphatic carbocycles. The van der Waals surface area contributed by atoms with E-state index in [2.05, 4.69) is 10.7 Å². The highest BCUT2D eigenvalue weighted by atomic mass is 32.2. The van der Waals surface area contributed by atoms with Crippen molar-refractivity contribution in [3.05, 3.63) is 89.0 Å². The van der Waals surface area contributed by atoms with Crippen LogP contribution < -0.4 is 15.2 Å². The summed E-state index contributed by atoms with van der Waals surface area (Å²) >= 11 is 0.